The second-order valence-corrected chi connectivity index (χ2v) is 8.86. The third kappa shape index (κ3) is 3.12. The molecule has 0 spiro atoms. The lowest BCUT2D eigenvalue weighted by atomic mass is 10.2. The van der Waals surface area contributed by atoms with Crippen molar-refractivity contribution in [3.63, 3.8) is 0 Å². The molecule has 1 aromatic heterocycles. The molecule has 0 saturated carbocycles. The molecule has 31 heavy (non-hydrogen) atoms. The number of sulfonamides is 1. The highest BCUT2D eigenvalue weighted by Gasteiger charge is 2.42. The highest BCUT2D eigenvalue weighted by Crippen LogP contribution is 2.41. The van der Waals surface area contributed by atoms with E-state index in [1.165, 1.54) is 10.6 Å². The molecule has 1 aliphatic rings. The van der Waals surface area contributed by atoms with E-state index in [4.69, 9.17) is 0 Å². The predicted molar refractivity (Wildman–Crippen MR) is 107 cm³/mol. The Bertz CT molecular complexity index is 1370. The number of carbonyl (C=O) groups excluding carboxylic acids is 1. The highest BCUT2D eigenvalue weighted by atomic mass is 32.2. The lowest BCUT2D eigenvalue weighted by Gasteiger charge is -2.27. The molecule has 1 aliphatic heterocycles. The van der Waals surface area contributed by atoms with Gasteiger partial charge in [0, 0.05) is 30.7 Å². The first-order valence-corrected chi connectivity index (χ1v) is 10.4. The number of nitrogens with one attached hydrogen (secondary N) is 1. The molecule has 3 aromatic rings. The lowest BCUT2D eigenvalue weighted by Crippen LogP contribution is -2.37. The second-order valence-electron chi connectivity index (χ2n) is 6.96. The van der Waals surface area contributed by atoms with Crippen molar-refractivity contribution >= 4 is 38.3 Å². The fraction of sp³-hybridized carbons (Fsp3) is 0.150. The van der Waals surface area contributed by atoms with Crippen molar-refractivity contribution in [2.24, 2.45) is 7.05 Å². The number of aliphatic hydroxyl groups is 1. The summed E-state index contributed by atoms with van der Waals surface area (Å²) in [6, 6.07) is 10.5. The van der Waals surface area contributed by atoms with Gasteiger partial charge in [0.1, 0.15) is 10.6 Å². The third-order valence-electron chi connectivity index (χ3n) is 5.11. The largest absolute Gasteiger partial charge is 0.504 e. The number of aromatic nitrogens is 1. The number of hydrogen-bond donors (Lipinski definition) is 2. The van der Waals surface area contributed by atoms with Crippen molar-refractivity contribution in [1.82, 2.24) is 8.87 Å². The standard InChI is InChI=1S/C20H16F3N3O4S/c1-25-14-9-4-3-8-13(14)18-15(25)17(27)16(26(2)31(18,29)30)19(28)24-12-7-5-6-11(10-12)20(21,22)23/h3-10,27H,1-2H3,(H,24,28). The van der Waals surface area contributed by atoms with Gasteiger partial charge in [-0.2, -0.15) is 13.2 Å². The van der Waals surface area contributed by atoms with Crippen molar-refractivity contribution < 1.29 is 31.5 Å². The summed E-state index contributed by atoms with van der Waals surface area (Å²) >= 11 is 0. The molecule has 162 valence electrons. The van der Waals surface area contributed by atoms with Gasteiger partial charge in [-0.3, -0.25) is 9.10 Å². The molecule has 0 saturated heterocycles. The van der Waals surface area contributed by atoms with E-state index in [1.807, 2.05) is 0 Å². The fourth-order valence-electron chi connectivity index (χ4n) is 3.62. The predicted octanol–water partition coefficient (Wildman–Crippen LogP) is 3.70. The van der Waals surface area contributed by atoms with Gasteiger partial charge in [-0.15, -0.1) is 0 Å². The van der Waals surface area contributed by atoms with Gasteiger partial charge in [0.15, 0.2) is 11.5 Å². The summed E-state index contributed by atoms with van der Waals surface area (Å²) in [5, 5.41) is 13.5. The zero-order valence-electron chi connectivity index (χ0n) is 16.2. The number of anilines is 1. The SMILES string of the molecule is CN1C(C(=O)Nc2cccc(C(F)(F)F)c2)=C(O)c2c(c3ccccc3n2C)S1(=O)=O. The number of amides is 1. The molecule has 0 radical (unpaired) electrons. The molecular weight excluding hydrogens is 435 g/mol. The molecule has 1 amide bonds. The van der Waals surface area contributed by atoms with E-state index in [0.29, 0.717) is 15.2 Å². The molecule has 11 heteroatoms. The number of hydrogen-bond acceptors (Lipinski definition) is 4. The molecule has 0 atom stereocenters. The maximum Gasteiger partial charge on any atom is 0.416 e. The van der Waals surface area contributed by atoms with Gasteiger partial charge in [0.2, 0.25) is 0 Å². The number of nitrogens with zero attached hydrogens (tertiary/aromatic N) is 2. The number of aliphatic hydroxyl groups excluding tert-OH is 1. The molecule has 7 nitrogen and oxygen atoms in total. The van der Waals surface area contributed by atoms with Crippen LogP contribution in [0.1, 0.15) is 11.3 Å². The van der Waals surface area contributed by atoms with E-state index in [2.05, 4.69) is 5.32 Å². The maximum atomic E-state index is 13.2. The zero-order chi connectivity index (χ0) is 22.7. The van der Waals surface area contributed by atoms with Crippen molar-refractivity contribution in [1.29, 1.82) is 0 Å². The summed E-state index contributed by atoms with van der Waals surface area (Å²) in [7, 11) is -1.59. The molecule has 0 unspecified atom stereocenters. The minimum atomic E-state index is -4.62. The number of carbonyl (C=O) groups is 1. The van der Waals surface area contributed by atoms with Crippen LogP contribution in [-0.4, -0.2) is 35.4 Å². The number of aryl methyl sites for hydroxylation is 1. The van der Waals surface area contributed by atoms with Crippen LogP contribution in [-0.2, 0) is 28.0 Å². The summed E-state index contributed by atoms with van der Waals surface area (Å²) < 4.78 is 67.2. The lowest BCUT2D eigenvalue weighted by molar-refractivity contribution is -0.137. The van der Waals surface area contributed by atoms with Gasteiger partial charge in [-0.05, 0) is 24.3 Å². The Labute approximate surface area is 175 Å². The Morgan fingerprint density at radius 2 is 1.74 bits per heavy atom. The Morgan fingerprint density at radius 1 is 1.06 bits per heavy atom. The van der Waals surface area contributed by atoms with Gasteiger partial charge in [0.25, 0.3) is 15.9 Å². The number of halogens is 3. The Kier molecular flexibility index (Phi) is 4.54. The number of fused-ring (bicyclic) bond motifs is 3. The topological polar surface area (TPSA) is 91.6 Å². The molecule has 4 rings (SSSR count). The Balaban J connectivity index is 1.85. The van der Waals surface area contributed by atoms with E-state index in [0.717, 1.165) is 25.2 Å². The van der Waals surface area contributed by atoms with Crippen LogP contribution in [0.5, 0.6) is 0 Å². The number of rotatable bonds is 2. The van der Waals surface area contributed by atoms with Crippen LogP contribution >= 0.6 is 0 Å². The van der Waals surface area contributed by atoms with E-state index in [-0.39, 0.29) is 16.3 Å². The van der Waals surface area contributed by atoms with E-state index in [1.54, 1.807) is 31.3 Å². The Morgan fingerprint density at radius 3 is 2.42 bits per heavy atom. The number of para-hydroxylation sites is 1. The van der Waals surface area contributed by atoms with Crippen LogP contribution in [0.4, 0.5) is 18.9 Å². The first-order valence-electron chi connectivity index (χ1n) is 8.93. The van der Waals surface area contributed by atoms with Crippen LogP contribution in [0.2, 0.25) is 0 Å². The number of likely N-dealkylation sites (N-methyl/N-ethyl adjacent to an activating group) is 1. The monoisotopic (exact) mass is 451 g/mol. The van der Waals surface area contributed by atoms with Crippen molar-refractivity contribution in [2.75, 3.05) is 12.4 Å². The summed E-state index contributed by atoms with van der Waals surface area (Å²) in [5.74, 6) is -1.67. The van der Waals surface area contributed by atoms with Crippen molar-refractivity contribution in [2.45, 2.75) is 11.1 Å². The molecule has 0 aliphatic carbocycles. The quantitative estimate of drug-likeness (QED) is 0.622. The smallest absolute Gasteiger partial charge is 0.416 e. The van der Waals surface area contributed by atoms with Gasteiger partial charge >= 0.3 is 6.18 Å². The van der Waals surface area contributed by atoms with Crippen molar-refractivity contribution in [3.8, 4) is 0 Å². The van der Waals surface area contributed by atoms with Crippen LogP contribution in [0, 0.1) is 0 Å². The van der Waals surface area contributed by atoms with Gasteiger partial charge < -0.3 is 15.0 Å². The van der Waals surface area contributed by atoms with Crippen LogP contribution in [0.3, 0.4) is 0 Å². The summed E-state index contributed by atoms with van der Waals surface area (Å²) in [6.07, 6.45) is -4.62. The average molecular weight is 451 g/mol. The molecule has 2 N–H and O–H groups in total. The maximum absolute atomic E-state index is 13.2. The minimum Gasteiger partial charge on any atom is -0.504 e. The van der Waals surface area contributed by atoms with Crippen LogP contribution in [0.15, 0.2) is 59.1 Å². The first kappa shape index (κ1) is 20.8. The fourth-order valence-corrected chi connectivity index (χ4v) is 5.23. The Hall–Kier alpha value is -3.47. The van der Waals surface area contributed by atoms with Crippen LogP contribution in [0.25, 0.3) is 16.7 Å². The highest BCUT2D eigenvalue weighted by molar-refractivity contribution is 7.89. The summed E-state index contributed by atoms with van der Waals surface area (Å²) in [5.41, 5.74) is -1.34. The zero-order valence-corrected chi connectivity index (χ0v) is 17.0. The molecule has 2 heterocycles. The first-order chi connectivity index (χ1) is 14.4. The second kappa shape index (κ2) is 6.77. The molecular formula is C20H16F3N3O4S. The van der Waals surface area contributed by atoms with E-state index < -0.39 is 39.1 Å². The molecule has 0 fully saturated rings. The number of alkyl halides is 3. The van der Waals surface area contributed by atoms with Gasteiger partial charge in [-0.25, -0.2) is 8.42 Å². The molecule has 0 bridgehead atoms. The van der Waals surface area contributed by atoms with E-state index in [9.17, 15) is 31.5 Å². The summed E-state index contributed by atoms with van der Waals surface area (Å²) in [4.78, 5) is 12.7. The third-order valence-corrected chi connectivity index (χ3v) is 6.94. The average Bonchev–Trinajstić information content (AvgIpc) is 3.00. The number of benzene rings is 2. The van der Waals surface area contributed by atoms with Crippen LogP contribution < -0.4 is 5.32 Å². The molecule has 2 aromatic carbocycles. The normalized spacial score (nSPS) is 15.8. The van der Waals surface area contributed by atoms with E-state index >= 15 is 0 Å². The van der Waals surface area contributed by atoms with Crippen molar-refractivity contribution in [3.05, 3.63) is 65.5 Å². The van der Waals surface area contributed by atoms with Gasteiger partial charge in [0.05, 0.1) is 5.56 Å². The van der Waals surface area contributed by atoms with Gasteiger partial charge in [-0.1, -0.05) is 24.3 Å². The minimum absolute atomic E-state index is 0.0755. The summed E-state index contributed by atoms with van der Waals surface area (Å²) in [6.45, 7) is 0.